The van der Waals surface area contributed by atoms with Gasteiger partial charge in [-0.3, -0.25) is 0 Å². The molecule has 0 fully saturated rings. The summed E-state index contributed by atoms with van der Waals surface area (Å²) in [6, 6.07) is 22.7. The van der Waals surface area contributed by atoms with Gasteiger partial charge in [0.1, 0.15) is 5.75 Å². The van der Waals surface area contributed by atoms with Gasteiger partial charge in [-0.05, 0) is 59.5 Å². The molecule has 0 spiro atoms. The van der Waals surface area contributed by atoms with E-state index >= 15 is 0 Å². The van der Waals surface area contributed by atoms with Crippen LogP contribution in [0.15, 0.2) is 71.1 Å². The van der Waals surface area contributed by atoms with Crippen molar-refractivity contribution in [2.75, 3.05) is 13.0 Å². The molecule has 0 saturated carbocycles. The summed E-state index contributed by atoms with van der Waals surface area (Å²) in [6.07, 6.45) is 1.86. The Hall–Kier alpha value is -2.58. The molecular weight excluding hydrogens is 344 g/mol. The van der Waals surface area contributed by atoms with E-state index in [2.05, 4.69) is 42.5 Å². The second-order valence-electron chi connectivity index (χ2n) is 6.32. The molecule has 3 aromatic carbocycles. The Morgan fingerprint density at radius 3 is 2.54 bits per heavy atom. The van der Waals surface area contributed by atoms with Crippen LogP contribution in [0.4, 0.5) is 0 Å². The number of halogens is 1. The van der Waals surface area contributed by atoms with Crippen LogP contribution in [0.2, 0.25) is 0 Å². The molecule has 26 heavy (non-hydrogen) atoms. The number of alkyl halides is 1. The van der Waals surface area contributed by atoms with Crippen molar-refractivity contribution in [3.8, 4) is 17.1 Å². The maximum atomic E-state index is 6.28. The Morgan fingerprint density at radius 1 is 0.962 bits per heavy atom. The molecule has 0 N–H and O–H groups in total. The van der Waals surface area contributed by atoms with Crippen LogP contribution in [0.1, 0.15) is 12.0 Å². The monoisotopic (exact) mass is 363 g/mol. The van der Waals surface area contributed by atoms with Crippen LogP contribution in [0.5, 0.6) is 5.75 Å². The molecule has 0 amide bonds. The van der Waals surface area contributed by atoms with Crippen molar-refractivity contribution in [3.63, 3.8) is 0 Å². The Labute approximate surface area is 158 Å². The van der Waals surface area contributed by atoms with Gasteiger partial charge in [-0.25, -0.2) is 4.42 Å². The van der Waals surface area contributed by atoms with Gasteiger partial charge in [-0.2, -0.15) is 0 Å². The fourth-order valence-electron chi connectivity index (χ4n) is 3.40. The SMILES string of the molecule is COc1ccc(-c2cc(CCCCl)c3c(ccc4ccccc43)[o+]2)cc1. The first kappa shape index (κ1) is 16.9. The zero-order chi connectivity index (χ0) is 17.9. The first-order chi connectivity index (χ1) is 12.8. The fraction of sp³-hybridized carbons (Fsp3) is 0.174. The molecular formula is C23H20ClO2+. The van der Waals surface area contributed by atoms with Crippen molar-refractivity contribution >= 4 is 33.3 Å². The number of hydrogen-bond donors (Lipinski definition) is 0. The van der Waals surface area contributed by atoms with Gasteiger partial charge in [0.05, 0.1) is 18.1 Å². The van der Waals surface area contributed by atoms with Gasteiger partial charge in [0.25, 0.3) is 0 Å². The topological polar surface area (TPSA) is 20.5 Å². The summed E-state index contributed by atoms with van der Waals surface area (Å²) in [6.45, 7) is 0. The zero-order valence-electron chi connectivity index (χ0n) is 14.7. The average Bonchev–Trinajstić information content (AvgIpc) is 2.71. The van der Waals surface area contributed by atoms with E-state index in [0.717, 1.165) is 35.5 Å². The second-order valence-corrected chi connectivity index (χ2v) is 6.69. The van der Waals surface area contributed by atoms with Gasteiger partial charge in [-0.15, -0.1) is 11.6 Å². The molecule has 4 aromatic rings. The molecule has 3 heteroatoms. The highest BCUT2D eigenvalue weighted by Crippen LogP contribution is 2.34. The number of aryl methyl sites for hydroxylation is 1. The maximum absolute atomic E-state index is 6.28. The van der Waals surface area contributed by atoms with Crippen molar-refractivity contribution in [3.05, 3.63) is 72.3 Å². The minimum atomic E-state index is 0.649. The lowest BCUT2D eigenvalue weighted by Crippen LogP contribution is -1.92. The fourth-order valence-corrected chi connectivity index (χ4v) is 3.53. The summed E-state index contributed by atoms with van der Waals surface area (Å²) < 4.78 is 11.5. The molecule has 0 aliphatic carbocycles. The lowest BCUT2D eigenvalue weighted by molar-refractivity contribution is 0.415. The highest BCUT2D eigenvalue weighted by Gasteiger charge is 2.20. The van der Waals surface area contributed by atoms with E-state index in [1.54, 1.807) is 7.11 Å². The molecule has 0 unspecified atom stereocenters. The molecule has 0 aliphatic heterocycles. The summed E-state index contributed by atoms with van der Waals surface area (Å²) in [5.74, 6) is 2.35. The molecule has 0 radical (unpaired) electrons. The predicted octanol–water partition coefficient (Wildman–Crippen LogP) is 6.71. The molecule has 1 heterocycles. The Morgan fingerprint density at radius 2 is 1.77 bits per heavy atom. The molecule has 0 bridgehead atoms. The number of methoxy groups -OCH3 is 1. The smallest absolute Gasteiger partial charge is 0.361 e. The Kier molecular flexibility index (Phi) is 4.77. The quantitative estimate of drug-likeness (QED) is 0.223. The lowest BCUT2D eigenvalue weighted by Gasteiger charge is -2.06. The van der Waals surface area contributed by atoms with E-state index in [0.29, 0.717) is 5.88 Å². The normalized spacial score (nSPS) is 11.2. The molecule has 1 aromatic heterocycles. The molecule has 0 saturated heterocycles. The highest BCUT2D eigenvalue weighted by molar-refractivity contribution is 6.17. The molecule has 0 aliphatic rings. The van der Waals surface area contributed by atoms with E-state index in [1.807, 2.05) is 24.3 Å². The standard InChI is InChI=1S/C23H20ClO2/c1-25-19-11-8-17(9-12-19)22-15-18(6-4-14-24)23-20-7-3-2-5-16(20)10-13-21(23)26-22/h2-3,5,7-13,15H,4,6,14H2,1H3/q+1. The summed E-state index contributed by atoms with van der Waals surface area (Å²) in [5.41, 5.74) is 3.21. The van der Waals surface area contributed by atoms with Crippen LogP contribution in [-0.4, -0.2) is 13.0 Å². The summed E-state index contributed by atoms with van der Waals surface area (Å²) in [4.78, 5) is 0. The third-order valence-electron chi connectivity index (χ3n) is 4.69. The second kappa shape index (κ2) is 7.35. The van der Waals surface area contributed by atoms with E-state index in [4.69, 9.17) is 20.8 Å². The summed E-state index contributed by atoms with van der Waals surface area (Å²) in [5, 5.41) is 3.63. The van der Waals surface area contributed by atoms with Gasteiger partial charge in [0, 0.05) is 18.0 Å². The van der Waals surface area contributed by atoms with Gasteiger partial charge in [0.2, 0.25) is 0 Å². The number of hydrogen-bond acceptors (Lipinski definition) is 1. The third-order valence-corrected chi connectivity index (χ3v) is 4.96. The number of benzene rings is 3. The summed E-state index contributed by atoms with van der Waals surface area (Å²) >= 11 is 5.97. The number of ether oxygens (including phenoxy) is 1. The Balaban J connectivity index is 1.94. The molecule has 0 atom stereocenters. The van der Waals surface area contributed by atoms with E-state index in [9.17, 15) is 0 Å². The lowest BCUT2D eigenvalue weighted by atomic mass is 9.98. The van der Waals surface area contributed by atoms with Gasteiger partial charge in [-0.1, -0.05) is 24.3 Å². The molecule has 4 rings (SSSR count). The average molecular weight is 364 g/mol. The van der Waals surface area contributed by atoms with Crippen molar-refractivity contribution in [2.45, 2.75) is 12.8 Å². The minimum Gasteiger partial charge on any atom is -0.497 e. The zero-order valence-corrected chi connectivity index (χ0v) is 15.4. The van der Waals surface area contributed by atoms with Crippen molar-refractivity contribution in [1.82, 2.24) is 0 Å². The largest absolute Gasteiger partial charge is 0.497 e. The van der Waals surface area contributed by atoms with E-state index < -0.39 is 0 Å². The summed E-state index contributed by atoms with van der Waals surface area (Å²) in [7, 11) is 1.67. The van der Waals surface area contributed by atoms with Crippen molar-refractivity contribution < 1.29 is 9.15 Å². The van der Waals surface area contributed by atoms with Crippen LogP contribution in [0, 0.1) is 0 Å². The van der Waals surface area contributed by atoms with E-state index in [-0.39, 0.29) is 0 Å². The number of rotatable bonds is 5. The van der Waals surface area contributed by atoms with Crippen LogP contribution >= 0.6 is 11.6 Å². The van der Waals surface area contributed by atoms with Crippen molar-refractivity contribution in [1.29, 1.82) is 0 Å². The van der Waals surface area contributed by atoms with Gasteiger partial charge >= 0.3 is 11.3 Å². The van der Waals surface area contributed by atoms with Crippen LogP contribution < -0.4 is 4.74 Å². The first-order valence-electron chi connectivity index (χ1n) is 8.78. The third kappa shape index (κ3) is 3.13. The van der Waals surface area contributed by atoms with Crippen LogP contribution in [0.25, 0.3) is 33.1 Å². The van der Waals surface area contributed by atoms with Gasteiger partial charge in [0.15, 0.2) is 0 Å². The molecule has 130 valence electrons. The van der Waals surface area contributed by atoms with Crippen LogP contribution in [-0.2, 0) is 6.42 Å². The van der Waals surface area contributed by atoms with Crippen LogP contribution in [0.3, 0.4) is 0 Å². The minimum absolute atomic E-state index is 0.649. The predicted molar refractivity (Wildman–Crippen MR) is 109 cm³/mol. The number of fused-ring (bicyclic) bond motifs is 3. The van der Waals surface area contributed by atoms with Gasteiger partial charge < -0.3 is 4.74 Å². The van der Waals surface area contributed by atoms with E-state index in [1.165, 1.54) is 21.7 Å². The maximum Gasteiger partial charge on any atom is 0.361 e. The highest BCUT2D eigenvalue weighted by atomic mass is 35.5. The Bertz CT molecular complexity index is 1050. The van der Waals surface area contributed by atoms with Crippen molar-refractivity contribution in [2.24, 2.45) is 0 Å². The molecule has 2 nitrogen and oxygen atoms in total. The first-order valence-corrected chi connectivity index (χ1v) is 9.31.